The molecule has 0 heterocycles. The van der Waals surface area contributed by atoms with Crippen molar-refractivity contribution < 1.29 is 4.74 Å². The zero-order chi connectivity index (χ0) is 17.5. The first-order valence-electron chi connectivity index (χ1n) is 8.52. The fourth-order valence-corrected chi connectivity index (χ4v) is 3.28. The van der Waals surface area contributed by atoms with Gasteiger partial charge in [0.2, 0.25) is 0 Å². The van der Waals surface area contributed by atoms with E-state index >= 15 is 0 Å². The highest BCUT2D eigenvalue weighted by Crippen LogP contribution is 2.37. The highest BCUT2D eigenvalue weighted by Gasteiger charge is 2.35. The maximum atomic E-state index is 5.83. The first-order chi connectivity index (χ1) is 12.3. The van der Waals surface area contributed by atoms with Crippen LogP contribution in [0.1, 0.15) is 16.7 Å². The lowest BCUT2D eigenvalue weighted by molar-refractivity contribution is 0.413. The minimum Gasteiger partial charge on any atom is -0.497 e. The number of hydrogen-bond acceptors (Lipinski definition) is 3. The first kappa shape index (κ1) is 17.2. The van der Waals surface area contributed by atoms with Crippen LogP contribution in [0.4, 0.5) is 0 Å². The van der Waals surface area contributed by atoms with Crippen LogP contribution in [0.15, 0.2) is 84.9 Å². The molecular formula is C22H24N2O. The maximum Gasteiger partial charge on any atom is 0.118 e. The summed E-state index contributed by atoms with van der Waals surface area (Å²) in [5, 5.41) is 3.70. The molecule has 0 unspecified atom stereocenters. The Bertz CT molecular complexity index is 731. The van der Waals surface area contributed by atoms with Gasteiger partial charge in [-0.25, -0.2) is 0 Å². The number of ether oxygens (including phenoxy) is 1. The first-order valence-corrected chi connectivity index (χ1v) is 8.52. The van der Waals surface area contributed by atoms with Gasteiger partial charge >= 0.3 is 0 Å². The summed E-state index contributed by atoms with van der Waals surface area (Å²) in [5.41, 5.74) is 8.88. The van der Waals surface area contributed by atoms with E-state index in [1.165, 1.54) is 11.1 Å². The van der Waals surface area contributed by atoms with Crippen molar-refractivity contribution in [3.8, 4) is 5.75 Å². The van der Waals surface area contributed by atoms with Gasteiger partial charge in [0, 0.05) is 13.1 Å². The molecular weight excluding hydrogens is 308 g/mol. The van der Waals surface area contributed by atoms with Crippen molar-refractivity contribution in [3.63, 3.8) is 0 Å². The highest BCUT2D eigenvalue weighted by atomic mass is 16.5. The number of rotatable bonds is 7. The third-order valence-electron chi connectivity index (χ3n) is 4.47. The molecule has 3 N–H and O–H groups in total. The van der Waals surface area contributed by atoms with Crippen molar-refractivity contribution in [2.75, 3.05) is 20.2 Å². The molecule has 0 aliphatic heterocycles. The van der Waals surface area contributed by atoms with Gasteiger partial charge in [0.05, 0.1) is 12.6 Å². The van der Waals surface area contributed by atoms with Crippen molar-refractivity contribution in [2.45, 2.75) is 5.54 Å². The SMILES string of the molecule is COc1ccc(C(NCCN)(c2ccccc2)c2ccccc2)cc1. The van der Waals surface area contributed by atoms with Crippen molar-refractivity contribution in [2.24, 2.45) is 5.73 Å². The summed E-state index contributed by atoms with van der Waals surface area (Å²) in [5.74, 6) is 0.845. The Labute approximate surface area is 149 Å². The fourth-order valence-electron chi connectivity index (χ4n) is 3.28. The van der Waals surface area contributed by atoms with Crippen LogP contribution < -0.4 is 15.8 Å². The van der Waals surface area contributed by atoms with Crippen LogP contribution in [0.25, 0.3) is 0 Å². The number of benzene rings is 3. The number of methoxy groups -OCH3 is 1. The van der Waals surface area contributed by atoms with Gasteiger partial charge in [0.1, 0.15) is 5.75 Å². The molecule has 0 fully saturated rings. The molecule has 0 saturated heterocycles. The van der Waals surface area contributed by atoms with Crippen LogP contribution in [0.3, 0.4) is 0 Å². The van der Waals surface area contributed by atoms with Crippen molar-refractivity contribution >= 4 is 0 Å². The van der Waals surface area contributed by atoms with Gasteiger partial charge in [-0.3, -0.25) is 5.32 Å². The van der Waals surface area contributed by atoms with Crippen molar-refractivity contribution in [1.82, 2.24) is 5.32 Å². The molecule has 25 heavy (non-hydrogen) atoms. The standard InChI is InChI=1S/C22H24N2O/c1-25-21-14-12-20(13-15-21)22(24-17-16-23,18-8-4-2-5-9-18)19-10-6-3-7-11-19/h2-15,24H,16-17,23H2,1H3. The van der Waals surface area contributed by atoms with E-state index in [0.29, 0.717) is 13.1 Å². The van der Waals surface area contributed by atoms with Crippen molar-refractivity contribution in [1.29, 1.82) is 0 Å². The Balaban J connectivity index is 2.23. The lowest BCUT2D eigenvalue weighted by Crippen LogP contribution is -2.46. The minimum atomic E-state index is -0.464. The molecule has 0 aliphatic carbocycles. The third-order valence-corrected chi connectivity index (χ3v) is 4.47. The van der Waals surface area contributed by atoms with E-state index in [1.807, 2.05) is 24.3 Å². The summed E-state index contributed by atoms with van der Waals surface area (Å²) < 4.78 is 5.33. The molecule has 3 aromatic rings. The smallest absolute Gasteiger partial charge is 0.118 e. The minimum absolute atomic E-state index is 0.464. The molecule has 3 nitrogen and oxygen atoms in total. The van der Waals surface area contributed by atoms with E-state index in [1.54, 1.807) is 7.11 Å². The molecule has 128 valence electrons. The van der Waals surface area contributed by atoms with Gasteiger partial charge in [-0.2, -0.15) is 0 Å². The Morgan fingerprint density at radius 1 is 0.760 bits per heavy atom. The summed E-state index contributed by atoms with van der Waals surface area (Å²) in [6, 6.07) is 29.2. The fraction of sp³-hybridized carbons (Fsp3) is 0.182. The summed E-state index contributed by atoms with van der Waals surface area (Å²) in [7, 11) is 1.68. The second kappa shape index (κ2) is 7.97. The summed E-state index contributed by atoms with van der Waals surface area (Å²) in [4.78, 5) is 0. The van der Waals surface area contributed by atoms with Gasteiger partial charge < -0.3 is 10.5 Å². The number of nitrogens with one attached hydrogen (secondary N) is 1. The maximum absolute atomic E-state index is 5.83. The Hall–Kier alpha value is -2.62. The van der Waals surface area contributed by atoms with Gasteiger partial charge in [-0.1, -0.05) is 72.8 Å². The van der Waals surface area contributed by atoms with Gasteiger partial charge in [0.15, 0.2) is 0 Å². The largest absolute Gasteiger partial charge is 0.497 e. The van der Waals surface area contributed by atoms with Crippen LogP contribution in [0.5, 0.6) is 5.75 Å². The van der Waals surface area contributed by atoms with Crippen LogP contribution >= 0.6 is 0 Å². The van der Waals surface area contributed by atoms with E-state index in [9.17, 15) is 0 Å². The van der Waals surface area contributed by atoms with E-state index < -0.39 is 5.54 Å². The van der Waals surface area contributed by atoms with Gasteiger partial charge in [-0.15, -0.1) is 0 Å². The highest BCUT2D eigenvalue weighted by molar-refractivity contribution is 5.50. The van der Waals surface area contributed by atoms with Crippen LogP contribution in [-0.4, -0.2) is 20.2 Å². The normalized spacial score (nSPS) is 11.3. The average Bonchev–Trinajstić information content (AvgIpc) is 2.71. The topological polar surface area (TPSA) is 47.3 Å². The second-order valence-corrected chi connectivity index (χ2v) is 5.93. The third kappa shape index (κ3) is 3.43. The molecule has 0 aromatic heterocycles. The summed E-state index contributed by atoms with van der Waals surface area (Å²) in [6.45, 7) is 1.27. The molecule has 0 aliphatic rings. The zero-order valence-electron chi connectivity index (χ0n) is 14.5. The van der Waals surface area contributed by atoms with E-state index in [0.717, 1.165) is 11.3 Å². The van der Waals surface area contributed by atoms with Gasteiger partial charge in [0.25, 0.3) is 0 Å². The molecule has 3 rings (SSSR count). The Morgan fingerprint density at radius 2 is 1.24 bits per heavy atom. The second-order valence-electron chi connectivity index (χ2n) is 5.93. The van der Waals surface area contributed by atoms with Crippen LogP contribution in [0.2, 0.25) is 0 Å². The number of hydrogen-bond donors (Lipinski definition) is 2. The molecule has 0 bridgehead atoms. The predicted molar refractivity (Wildman–Crippen MR) is 103 cm³/mol. The lowest BCUT2D eigenvalue weighted by Gasteiger charge is -2.37. The monoisotopic (exact) mass is 332 g/mol. The van der Waals surface area contributed by atoms with Crippen molar-refractivity contribution in [3.05, 3.63) is 102 Å². The molecule has 3 aromatic carbocycles. The molecule has 0 amide bonds. The van der Waals surface area contributed by atoms with Gasteiger partial charge in [-0.05, 0) is 28.8 Å². The van der Waals surface area contributed by atoms with Crippen LogP contribution in [-0.2, 0) is 5.54 Å². The number of nitrogens with two attached hydrogens (primary N) is 1. The average molecular weight is 332 g/mol. The summed E-state index contributed by atoms with van der Waals surface area (Å²) >= 11 is 0. The molecule has 0 atom stereocenters. The zero-order valence-corrected chi connectivity index (χ0v) is 14.5. The van der Waals surface area contributed by atoms with E-state index in [-0.39, 0.29) is 0 Å². The molecule has 0 spiro atoms. The molecule has 3 heteroatoms. The molecule has 0 saturated carbocycles. The molecule has 0 radical (unpaired) electrons. The quantitative estimate of drug-likeness (QED) is 0.651. The Morgan fingerprint density at radius 3 is 1.68 bits per heavy atom. The Kier molecular flexibility index (Phi) is 5.49. The van der Waals surface area contributed by atoms with Crippen LogP contribution in [0, 0.1) is 0 Å². The van der Waals surface area contributed by atoms with E-state index in [2.05, 4.69) is 66.0 Å². The lowest BCUT2D eigenvalue weighted by atomic mass is 9.77. The van der Waals surface area contributed by atoms with E-state index in [4.69, 9.17) is 10.5 Å². The summed E-state index contributed by atoms with van der Waals surface area (Å²) in [6.07, 6.45) is 0. The predicted octanol–water partition coefficient (Wildman–Crippen LogP) is 3.54.